The zero-order chi connectivity index (χ0) is 24.2. The number of carbonyl (C=O) groups is 2. The van der Waals surface area contributed by atoms with E-state index in [-0.39, 0.29) is 17.7 Å². The maximum Gasteiger partial charge on any atom is 0.254 e. The third-order valence-electron chi connectivity index (χ3n) is 6.51. The topological polar surface area (TPSA) is 71.5 Å². The molecule has 3 aromatic carbocycles. The van der Waals surface area contributed by atoms with Crippen LogP contribution < -0.4 is 10.1 Å². The minimum atomic E-state index is -0.117. The summed E-state index contributed by atoms with van der Waals surface area (Å²) in [6, 6.07) is 26.8. The third kappa shape index (κ3) is 4.87. The molecule has 1 aliphatic heterocycles. The maximum absolute atomic E-state index is 13.7. The van der Waals surface area contributed by atoms with Gasteiger partial charge in [-0.05, 0) is 49.2 Å². The Balaban J connectivity index is 1.38. The van der Waals surface area contributed by atoms with Gasteiger partial charge in [0.05, 0.1) is 23.9 Å². The highest BCUT2D eigenvalue weighted by Crippen LogP contribution is 2.30. The van der Waals surface area contributed by atoms with E-state index in [1.807, 2.05) is 89.8 Å². The van der Waals surface area contributed by atoms with Crippen LogP contribution in [-0.2, 0) is 4.79 Å². The molecule has 0 spiro atoms. The van der Waals surface area contributed by atoms with Gasteiger partial charge in [-0.1, -0.05) is 48.5 Å². The lowest BCUT2D eigenvalue weighted by atomic mass is 9.94. The van der Waals surface area contributed by atoms with Crippen molar-refractivity contribution in [2.45, 2.75) is 12.8 Å². The lowest BCUT2D eigenvalue weighted by Gasteiger charge is -2.31. The van der Waals surface area contributed by atoms with Crippen LogP contribution in [0.3, 0.4) is 0 Å². The number of nitrogens with zero attached hydrogens (tertiary/aromatic N) is 2. The molecule has 35 heavy (non-hydrogen) atoms. The van der Waals surface area contributed by atoms with Crippen LogP contribution in [0.4, 0.5) is 5.69 Å². The number of piperidine rings is 1. The summed E-state index contributed by atoms with van der Waals surface area (Å²) >= 11 is 0. The summed E-state index contributed by atoms with van der Waals surface area (Å²) in [7, 11) is 1.61. The van der Waals surface area contributed by atoms with Gasteiger partial charge in [-0.15, -0.1) is 0 Å². The van der Waals surface area contributed by atoms with Crippen LogP contribution in [0, 0.1) is 5.92 Å². The number of rotatable bonds is 5. The van der Waals surface area contributed by atoms with Crippen molar-refractivity contribution < 1.29 is 14.3 Å². The first kappa shape index (κ1) is 22.6. The number of hydrogen-bond donors (Lipinski definition) is 1. The zero-order valence-corrected chi connectivity index (χ0v) is 19.6. The number of anilines is 1. The molecule has 0 bridgehead atoms. The minimum absolute atomic E-state index is 0.00811. The summed E-state index contributed by atoms with van der Waals surface area (Å²) in [5.74, 6) is 0.518. The first-order valence-electron chi connectivity index (χ1n) is 11.8. The quantitative estimate of drug-likeness (QED) is 0.428. The predicted octanol–water partition coefficient (Wildman–Crippen LogP) is 5.40. The Morgan fingerprint density at radius 2 is 1.60 bits per heavy atom. The van der Waals surface area contributed by atoms with Crippen molar-refractivity contribution in [2.75, 3.05) is 25.5 Å². The van der Waals surface area contributed by atoms with Crippen molar-refractivity contribution in [2.24, 2.45) is 5.92 Å². The lowest BCUT2D eigenvalue weighted by molar-refractivity contribution is -0.121. The summed E-state index contributed by atoms with van der Waals surface area (Å²) in [5, 5.41) is 3.75. The molecule has 1 aromatic heterocycles. The fraction of sp³-hybridized carbons (Fsp3) is 0.207. The van der Waals surface area contributed by atoms with Gasteiger partial charge in [-0.25, -0.2) is 4.98 Å². The second-order valence-corrected chi connectivity index (χ2v) is 8.73. The lowest BCUT2D eigenvalue weighted by Crippen LogP contribution is -2.41. The minimum Gasteiger partial charge on any atom is -0.497 e. The molecule has 6 heteroatoms. The second-order valence-electron chi connectivity index (χ2n) is 8.73. The molecule has 2 amide bonds. The van der Waals surface area contributed by atoms with E-state index in [2.05, 4.69) is 5.32 Å². The monoisotopic (exact) mass is 465 g/mol. The molecule has 4 aromatic rings. The van der Waals surface area contributed by atoms with E-state index in [1.54, 1.807) is 7.11 Å². The van der Waals surface area contributed by atoms with Crippen molar-refractivity contribution in [3.05, 3.63) is 90.5 Å². The summed E-state index contributed by atoms with van der Waals surface area (Å²) < 4.78 is 5.41. The molecule has 1 fully saturated rings. The van der Waals surface area contributed by atoms with Gasteiger partial charge in [0.1, 0.15) is 5.75 Å². The highest BCUT2D eigenvalue weighted by Gasteiger charge is 2.29. The Bertz CT molecular complexity index is 1350. The van der Waals surface area contributed by atoms with Gasteiger partial charge in [0, 0.05) is 35.6 Å². The number of para-hydroxylation sites is 1. The van der Waals surface area contributed by atoms with E-state index in [4.69, 9.17) is 9.72 Å². The molecule has 0 saturated carbocycles. The average molecular weight is 466 g/mol. The number of nitrogens with one attached hydrogen (secondary N) is 1. The van der Waals surface area contributed by atoms with Crippen molar-refractivity contribution in [1.82, 2.24) is 9.88 Å². The van der Waals surface area contributed by atoms with E-state index < -0.39 is 0 Å². The van der Waals surface area contributed by atoms with Crippen LogP contribution in [0.1, 0.15) is 23.2 Å². The molecule has 1 N–H and O–H groups in total. The number of likely N-dealkylation sites (tertiary alicyclic amines) is 1. The molecular weight excluding hydrogens is 438 g/mol. The maximum atomic E-state index is 13.7. The summed E-state index contributed by atoms with van der Waals surface area (Å²) in [6.45, 7) is 1.06. The number of pyridine rings is 1. The van der Waals surface area contributed by atoms with Crippen LogP contribution >= 0.6 is 0 Å². The number of ether oxygens (including phenoxy) is 1. The molecular formula is C29H27N3O3. The fourth-order valence-electron chi connectivity index (χ4n) is 4.55. The Morgan fingerprint density at radius 1 is 0.914 bits per heavy atom. The van der Waals surface area contributed by atoms with Gasteiger partial charge in [0.2, 0.25) is 5.91 Å². The average Bonchev–Trinajstić information content (AvgIpc) is 2.93. The number of fused-ring (bicyclic) bond motifs is 1. The van der Waals surface area contributed by atoms with E-state index in [1.165, 1.54) is 0 Å². The van der Waals surface area contributed by atoms with Crippen molar-refractivity contribution in [3.8, 4) is 17.0 Å². The Kier molecular flexibility index (Phi) is 6.44. The van der Waals surface area contributed by atoms with Crippen molar-refractivity contribution in [3.63, 3.8) is 0 Å². The van der Waals surface area contributed by atoms with Crippen LogP contribution in [0.5, 0.6) is 5.75 Å². The number of benzene rings is 3. The smallest absolute Gasteiger partial charge is 0.254 e. The van der Waals surface area contributed by atoms with E-state index in [0.29, 0.717) is 37.2 Å². The molecule has 5 rings (SSSR count). The highest BCUT2D eigenvalue weighted by molar-refractivity contribution is 6.07. The molecule has 6 nitrogen and oxygen atoms in total. The number of aromatic nitrogens is 1. The number of carbonyl (C=O) groups excluding carboxylic acids is 2. The second kappa shape index (κ2) is 9.97. The van der Waals surface area contributed by atoms with E-state index in [0.717, 1.165) is 27.8 Å². The number of amides is 2. The molecule has 0 radical (unpaired) electrons. The van der Waals surface area contributed by atoms with Gasteiger partial charge in [-0.3, -0.25) is 9.59 Å². The van der Waals surface area contributed by atoms with Crippen molar-refractivity contribution in [1.29, 1.82) is 0 Å². The summed E-state index contributed by atoms with van der Waals surface area (Å²) in [4.78, 5) is 33.1. The number of methoxy groups -OCH3 is 1. The van der Waals surface area contributed by atoms with Crippen molar-refractivity contribution >= 4 is 28.4 Å². The Morgan fingerprint density at radius 3 is 2.29 bits per heavy atom. The molecule has 0 aliphatic carbocycles. The highest BCUT2D eigenvalue weighted by atomic mass is 16.5. The van der Waals surface area contributed by atoms with Gasteiger partial charge < -0.3 is 15.0 Å². The molecule has 176 valence electrons. The predicted molar refractivity (Wildman–Crippen MR) is 137 cm³/mol. The van der Waals surface area contributed by atoms with Crippen LogP contribution in [0.15, 0.2) is 84.9 Å². The largest absolute Gasteiger partial charge is 0.497 e. The Labute approximate surface area is 204 Å². The molecule has 1 aliphatic rings. The SMILES string of the molecule is COc1ccc2nc(-c3ccccc3)cc(C(=O)N3CCC(C(=O)Nc4ccccc4)CC3)c2c1. The first-order valence-corrected chi connectivity index (χ1v) is 11.8. The van der Waals surface area contributed by atoms with E-state index in [9.17, 15) is 9.59 Å². The van der Waals surface area contributed by atoms with Crippen LogP contribution in [0.25, 0.3) is 22.2 Å². The zero-order valence-electron chi connectivity index (χ0n) is 19.6. The van der Waals surface area contributed by atoms with Gasteiger partial charge in [-0.2, -0.15) is 0 Å². The molecule has 0 unspecified atom stereocenters. The van der Waals surface area contributed by atoms with Crippen LogP contribution in [0.2, 0.25) is 0 Å². The standard InChI is InChI=1S/C29H27N3O3/c1-35-23-12-13-26-24(18-23)25(19-27(31-26)20-8-4-2-5-9-20)29(34)32-16-14-21(15-17-32)28(33)30-22-10-6-3-7-11-22/h2-13,18-19,21H,14-17H2,1H3,(H,30,33). The molecule has 0 atom stereocenters. The fourth-order valence-corrected chi connectivity index (χ4v) is 4.55. The first-order chi connectivity index (χ1) is 17.1. The third-order valence-corrected chi connectivity index (χ3v) is 6.51. The van der Waals surface area contributed by atoms with E-state index >= 15 is 0 Å². The summed E-state index contributed by atoms with van der Waals surface area (Å²) in [6.07, 6.45) is 1.25. The van der Waals surface area contributed by atoms with Gasteiger partial charge >= 0.3 is 0 Å². The number of hydrogen-bond acceptors (Lipinski definition) is 4. The van der Waals surface area contributed by atoms with Crippen LogP contribution in [-0.4, -0.2) is 41.9 Å². The molecule has 2 heterocycles. The summed E-state index contributed by atoms with van der Waals surface area (Å²) in [5.41, 5.74) is 3.84. The molecule has 1 saturated heterocycles. The Hall–Kier alpha value is -4.19. The van der Waals surface area contributed by atoms with Gasteiger partial charge in [0.25, 0.3) is 5.91 Å². The normalized spacial score (nSPS) is 14.0. The van der Waals surface area contributed by atoms with Gasteiger partial charge in [0.15, 0.2) is 0 Å².